The highest BCUT2D eigenvalue weighted by atomic mass is 32.1. The Balaban J connectivity index is 2.07. The van der Waals surface area contributed by atoms with E-state index in [0.717, 1.165) is 16.5 Å². The van der Waals surface area contributed by atoms with Crippen LogP contribution in [-0.4, -0.2) is 57.7 Å². The maximum atomic E-state index is 12.6. The molecular weight excluding hydrogens is 410 g/mol. The third-order valence-electron chi connectivity index (χ3n) is 4.56. The van der Waals surface area contributed by atoms with Crippen LogP contribution in [0.15, 0.2) is 30.5 Å². The number of hydrogen-bond donors (Lipinski definition) is 7. The van der Waals surface area contributed by atoms with Gasteiger partial charge in [0.15, 0.2) is 0 Å². The first-order chi connectivity index (χ1) is 14.2. The molecule has 3 unspecified atom stereocenters. The average Bonchev–Trinajstić information content (AvgIpc) is 3.11. The van der Waals surface area contributed by atoms with Gasteiger partial charge in [-0.2, -0.15) is 12.6 Å². The van der Waals surface area contributed by atoms with Crippen molar-refractivity contribution in [1.29, 1.82) is 0 Å². The van der Waals surface area contributed by atoms with Gasteiger partial charge < -0.3 is 32.2 Å². The number of fused-ring (bicyclic) bond motifs is 1. The molecule has 0 saturated carbocycles. The van der Waals surface area contributed by atoms with Gasteiger partial charge in [-0.25, -0.2) is 4.79 Å². The second-order valence-electron chi connectivity index (χ2n) is 6.82. The monoisotopic (exact) mass is 435 g/mol. The Kier molecular flexibility index (Phi) is 8.25. The van der Waals surface area contributed by atoms with Crippen molar-refractivity contribution in [3.63, 3.8) is 0 Å². The fourth-order valence-corrected chi connectivity index (χ4v) is 3.17. The number of carbonyl (C=O) groups is 4. The predicted octanol–water partition coefficient (Wildman–Crippen LogP) is -0.713. The minimum atomic E-state index is -1.27. The highest BCUT2D eigenvalue weighted by Crippen LogP contribution is 2.18. The van der Waals surface area contributed by atoms with Crippen molar-refractivity contribution in [2.75, 3.05) is 5.75 Å². The van der Waals surface area contributed by atoms with Crippen molar-refractivity contribution in [2.45, 2.75) is 37.4 Å². The van der Waals surface area contributed by atoms with E-state index in [9.17, 15) is 19.2 Å². The number of aromatic nitrogens is 1. The van der Waals surface area contributed by atoms with E-state index in [1.807, 2.05) is 24.3 Å². The Morgan fingerprint density at radius 2 is 1.77 bits per heavy atom. The first-order valence-corrected chi connectivity index (χ1v) is 9.89. The molecule has 0 fully saturated rings. The maximum absolute atomic E-state index is 12.6. The van der Waals surface area contributed by atoms with Gasteiger partial charge in [0.25, 0.3) is 0 Å². The van der Waals surface area contributed by atoms with Crippen molar-refractivity contribution >= 4 is 47.2 Å². The number of H-pyrrole nitrogens is 1. The van der Waals surface area contributed by atoms with Gasteiger partial charge in [0.1, 0.15) is 12.1 Å². The van der Waals surface area contributed by atoms with Gasteiger partial charge in [-0.15, -0.1) is 0 Å². The Morgan fingerprint density at radius 1 is 1.10 bits per heavy atom. The standard InChI is InChI=1S/C19H25N5O5S/c20-12(7-10-8-22-13-4-2-1-3-11(10)13)17(26)23-14(5-6-16(21)25)18(27)24-15(9-30)19(28)29/h1-4,8,12,14-15,22,30H,5-7,9,20H2,(H2,21,25)(H,23,26)(H,24,27)(H,28,29). The smallest absolute Gasteiger partial charge is 0.327 e. The molecule has 1 aromatic carbocycles. The summed E-state index contributed by atoms with van der Waals surface area (Å²) in [4.78, 5) is 50.4. The summed E-state index contributed by atoms with van der Waals surface area (Å²) < 4.78 is 0. The molecule has 1 aromatic heterocycles. The first kappa shape index (κ1) is 23.2. The van der Waals surface area contributed by atoms with Gasteiger partial charge in [0, 0.05) is 29.3 Å². The number of amides is 3. The zero-order chi connectivity index (χ0) is 22.3. The van der Waals surface area contributed by atoms with Crippen molar-refractivity contribution in [2.24, 2.45) is 11.5 Å². The number of aromatic amines is 1. The van der Waals surface area contributed by atoms with Crippen LogP contribution in [0.25, 0.3) is 10.9 Å². The number of nitrogens with two attached hydrogens (primary N) is 2. The highest BCUT2D eigenvalue weighted by Gasteiger charge is 2.28. The molecule has 0 saturated heterocycles. The molecule has 8 N–H and O–H groups in total. The van der Waals surface area contributed by atoms with E-state index in [-0.39, 0.29) is 25.0 Å². The van der Waals surface area contributed by atoms with E-state index in [1.54, 1.807) is 6.20 Å². The lowest BCUT2D eigenvalue weighted by Gasteiger charge is -2.22. The molecule has 3 amide bonds. The van der Waals surface area contributed by atoms with Crippen molar-refractivity contribution in [3.05, 3.63) is 36.0 Å². The van der Waals surface area contributed by atoms with Gasteiger partial charge in [-0.3, -0.25) is 14.4 Å². The largest absolute Gasteiger partial charge is 0.480 e. The Labute approximate surface area is 178 Å². The van der Waals surface area contributed by atoms with Crippen LogP contribution in [0.3, 0.4) is 0 Å². The Morgan fingerprint density at radius 3 is 2.40 bits per heavy atom. The quantitative estimate of drug-likeness (QED) is 0.229. The number of hydrogen-bond acceptors (Lipinski definition) is 6. The van der Waals surface area contributed by atoms with E-state index in [1.165, 1.54) is 0 Å². The lowest BCUT2D eigenvalue weighted by Crippen LogP contribution is -2.55. The summed E-state index contributed by atoms with van der Waals surface area (Å²) in [6.07, 6.45) is 1.72. The van der Waals surface area contributed by atoms with E-state index in [0.29, 0.717) is 0 Å². The predicted molar refractivity (Wildman–Crippen MR) is 114 cm³/mol. The molecule has 2 rings (SSSR count). The van der Waals surface area contributed by atoms with E-state index in [2.05, 4.69) is 28.2 Å². The molecule has 10 nitrogen and oxygen atoms in total. The van der Waals surface area contributed by atoms with Crippen molar-refractivity contribution in [1.82, 2.24) is 15.6 Å². The van der Waals surface area contributed by atoms with Crippen molar-refractivity contribution < 1.29 is 24.3 Å². The molecule has 30 heavy (non-hydrogen) atoms. The van der Waals surface area contributed by atoms with Gasteiger partial charge in [-0.1, -0.05) is 18.2 Å². The number of thiol groups is 1. The van der Waals surface area contributed by atoms with Gasteiger partial charge in [0.05, 0.1) is 6.04 Å². The normalized spacial score (nSPS) is 13.9. The number of carboxylic acid groups (broad SMARTS) is 1. The molecular formula is C19H25N5O5S. The fraction of sp³-hybridized carbons (Fsp3) is 0.368. The second-order valence-corrected chi connectivity index (χ2v) is 7.18. The molecule has 162 valence electrons. The van der Waals surface area contributed by atoms with E-state index < -0.39 is 41.8 Å². The third-order valence-corrected chi connectivity index (χ3v) is 4.93. The van der Waals surface area contributed by atoms with Gasteiger partial charge >= 0.3 is 5.97 Å². The molecule has 0 aliphatic rings. The lowest BCUT2D eigenvalue weighted by atomic mass is 10.0. The molecule has 0 spiro atoms. The van der Waals surface area contributed by atoms with Crippen LogP contribution in [0.1, 0.15) is 18.4 Å². The Bertz CT molecular complexity index is 931. The fourth-order valence-electron chi connectivity index (χ4n) is 2.92. The number of nitrogens with one attached hydrogen (secondary N) is 3. The maximum Gasteiger partial charge on any atom is 0.327 e. The number of rotatable bonds is 11. The average molecular weight is 436 g/mol. The molecule has 0 aliphatic heterocycles. The van der Waals surface area contributed by atoms with Crippen LogP contribution in [-0.2, 0) is 25.6 Å². The number of aliphatic carboxylic acids is 1. The van der Waals surface area contributed by atoms with Crippen LogP contribution in [0.4, 0.5) is 0 Å². The number of carbonyl (C=O) groups excluding carboxylic acids is 3. The minimum Gasteiger partial charge on any atom is -0.480 e. The molecule has 2 aromatic rings. The highest BCUT2D eigenvalue weighted by molar-refractivity contribution is 7.80. The zero-order valence-corrected chi connectivity index (χ0v) is 17.0. The summed E-state index contributed by atoms with van der Waals surface area (Å²) in [5.74, 6) is -3.44. The van der Waals surface area contributed by atoms with Crippen LogP contribution in [0.2, 0.25) is 0 Å². The van der Waals surface area contributed by atoms with Crippen LogP contribution < -0.4 is 22.1 Å². The van der Waals surface area contributed by atoms with Crippen molar-refractivity contribution in [3.8, 4) is 0 Å². The zero-order valence-electron chi connectivity index (χ0n) is 16.1. The van der Waals surface area contributed by atoms with Gasteiger partial charge in [-0.05, 0) is 24.5 Å². The topological polar surface area (TPSA) is 180 Å². The van der Waals surface area contributed by atoms with Crippen LogP contribution in [0.5, 0.6) is 0 Å². The van der Waals surface area contributed by atoms with Gasteiger partial charge in [0.2, 0.25) is 17.7 Å². The molecule has 0 radical (unpaired) electrons. The summed E-state index contributed by atoms with van der Waals surface area (Å²) in [6, 6.07) is 4.18. The lowest BCUT2D eigenvalue weighted by molar-refractivity contribution is -0.141. The number of carboxylic acids is 1. The SMILES string of the molecule is NC(=O)CCC(NC(=O)C(N)Cc1c[nH]c2ccccc12)C(=O)NC(CS)C(=O)O. The first-order valence-electron chi connectivity index (χ1n) is 9.26. The second kappa shape index (κ2) is 10.6. The van der Waals surface area contributed by atoms with E-state index >= 15 is 0 Å². The molecule has 11 heteroatoms. The summed E-state index contributed by atoms with van der Waals surface area (Å²) in [7, 11) is 0. The number of benzene rings is 1. The molecule has 3 atom stereocenters. The molecule has 1 heterocycles. The van der Waals surface area contributed by atoms with E-state index in [4.69, 9.17) is 16.6 Å². The van der Waals surface area contributed by atoms with Crippen LogP contribution >= 0.6 is 12.6 Å². The summed E-state index contributed by atoms with van der Waals surface area (Å²) >= 11 is 3.88. The third kappa shape index (κ3) is 6.22. The summed E-state index contributed by atoms with van der Waals surface area (Å²) in [5.41, 5.74) is 12.9. The number of para-hydroxylation sites is 1. The number of primary amides is 1. The Hall–Kier alpha value is -3.05. The molecule has 0 aliphatic carbocycles. The van der Waals surface area contributed by atoms with Crippen LogP contribution in [0, 0.1) is 0 Å². The minimum absolute atomic E-state index is 0.0916. The summed E-state index contributed by atoms with van der Waals surface area (Å²) in [5, 5.41) is 14.8. The molecule has 0 bridgehead atoms. The summed E-state index contributed by atoms with van der Waals surface area (Å²) in [6.45, 7) is 0.